The van der Waals surface area contributed by atoms with E-state index in [9.17, 15) is 0 Å². The number of hydrogen-bond donors (Lipinski definition) is 0. The van der Waals surface area contributed by atoms with E-state index in [-0.39, 0.29) is 15.1 Å². The first-order valence-corrected chi connectivity index (χ1v) is 30.5. The van der Waals surface area contributed by atoms with E-state index in [4.69, 9.17) is 36.2 Å². The predicted molar refractivity (Wildman–Crippen MR) is 295 cm³/mol. The lowest BCUT2D eigenvalue weighted by molar-refractivity contribution is -0.0862. The van der Waals surface area contributed by atoms with E-state index < -0.39 is 43.3 Å². The molecule has 1 fully saturated rings. The Labute approximate surface area is 416 Å². The van der Waals surface area contributed by atoms with Crippen LogP contribution in [0.4, 0.5) is 0 Å². The van der Waals surface area contributed by atoms with Crippen molar-refractivity contribution in [1.82, 2.24) is 0 Å². The highest BCUT2D eigenvalue weighted by atomic mass is 35.5. The molecular formula is C60H73ClO4Si3. The second-order valence-electron chi connectivity index (χ2n) is 21.5. The Hall–Kier alpha value is -4.42. The van der Waals surface area contributed by atoms with Crippen molar-refractivity contribution in [3.63, 3.8) is 0 Å². The lowest BCUT2D eigenvalue weighted by atomic mass is 9.84. The summed E-state index contributed by atoms with van der Waals surface area (Å²) >= 11 is 7.22. The van der Waals surface area contributed by atoms with Crippen molar-refractivity contribution in [1.29, 1.82) is 0 Å². The van der Waals surface area contributed by atoms with E-state index in [0.717, 1.165) is 11.1 Å². The molecular weight excluding hydrogens is 904 g/mol. The predicted octanol–water partition coefficient (Wildman–Crippen LogP) is 11.7. The van der Waals surface area contributed by atoms with Crippen LogP contribution in [0, 0.1) is 0 Å². The van der Waals surface area contributed by atoms with Crippen LogP contribution in [0.2, 0.25) is 15.1 Å². The van der Waals surface area contributed by atoms with Crippen LogP contribution in [-0.4, -0.2) is 56.5 Å². The molecule has 0 bridgehead atoms. The van der Waals surface area contributed by atoms with Crippen LogP contribution in [0.5, 0.6) is 0 Å². The molecule has 3 unspecified atom stereocenters. The second-order valence-corrected chi connectivity index (χ2v) is 34.8. The van der Waals surface area contributed by atoms with Gasteiger partial charge in [0.2, 0.25) is 0 Å². The normalized spacial score (nSPS) is 18.3. The Balaban J connectivity index is 1.37. The van der Waals surface area contributed by atoms with E-state index >= 15 is 0 Å². The van der Waals surface area contributed by atoms with Crippen LogP contribution in [-0.2, 0) is 18.0 Å². The van der Waals surface area contributed by atoms with Crippen molar-refractivity contribution in [3.8, 4) is 0 Å². The van der Waals surface area contributed by atoms with Gasteiger partial charge in [-0.05, 0) is 70.7 Å². The maximum Gasteiger partial charge on any atom is 0.262 e. The molecule has 0 radical (unpaired) electrons. The van der Waals surface area contributed by atoms with Gasteiger partial charge in [0.25, 0.3) is 25.0 Å². The molecule has 0 heterocycles. The van der Waals surface area contributed by atoms with Gasteiger partial charge < -0.3 is 18.0 Å². The molecule has 0 amide bonds. The SMILES string of the molecule is C=C1C(=C(C)Cl)CC(O[Si](c2ccccc2)(c2ccccc2)C(C)(C)C)C(OCCCO[Si](c2ccccc2)(c2ccccc2)C(C)(C)C)C1O[Si](c1ccccc1)(c1ccccc1)C(C)(C)C. The van der Waals surface area contributed by atoms with Gasteiger partial charge in [0.05, 0.1) is 12.2 Å². The average Bonchev–Trinajstić information content (AvgIpc) is 3.32. The molecule has 0 aliphatic heterocycles. The molecule has 1 saturated carbocycles. The lowest BCUT2D eigenvalue weighted by Crippen LogP contribution is -2.71. The molecule has 68 heavy (non-hydrogen) atoms. The van der Waals surface area contributed by atoms with Gasteiger partial charge >= 0.3 is 0 Å². The molecule has 8 heteroatoms. The van der Waals surface area contributed by atoms with Crippen molar-refractivity contribution in [2.24, 2.45) is 0 Å². The number of benzene rings is 6. The summed E-state index contributed by atoms with van der Waals surface area (Å²) in [5.41, 5.74) is 1.81. The van der Waals surface area contributed by atoms with Gasteiger partial charge in [0.1, 0.15) is 6.10 Å². The summed E-state index contributed by atoms with van der Waals surface area (Å²) in [7, 11) is -9.10. The molecule has 7 rings (SSSR count). The van der Waals surface area contributed by atoms with Crippen LogP contribution >= 0.6 is 11.6 Å². The summed E-state index contributed by atoms with van der Waals surface area (Å²) in [5.74, 6) is 0. The maximum atomic E-state index is 8.17. The smallest absolute Gasteiger partial charge is 0.262 e. The van der Waals surface area contributed by atoms with E-state index in [1.807, 2.05) is 6.92 Å². The number of ether oxygens (including phenoxy) is 1. The van der Waals surface area contributed by atoms with Crippen molar-refractivity contribution in [2.45, 2.75) is 116 Å². The molecule has 0 N–H and O–H groups in total. The summed E-state index contributed by atoms with van der Waals surface area (Å²) in [6.07, 6.45) is -0.389. The summed E-state index contributed by atoms with van der Waals surface area (Å²) in [6.45, 7) is 28.7. The Kier molecular flexibility index (Phi) is 16.1. The highest BCUT2D eigenvalue weighted by Gasteiger charge is 2.58. The fraction of sp³-hybridized carbons (Fsp3) is 0.333. The summed E-state index contributed by atoms with van der Waals surface area (Å²) in [4.78, 5) is 0. The van der Waals surface area contributed by atoms with Crippen LogP contribution < -0.4 is 31.1 Å². The minimum absolute atomic E-state index is 0.150. The van der Waals surface area contributed by atoms with Crippen molar-refractivity contribution < 1.29 is 18.0 Å². The highest BCUT2D eigenvalue weighted by molar-refractivity contribution is 7.00. The molecule has 3 atom stereocenters. The highest BCUT2D eigenvalue weighted by Crippen LogP contribution is 2.46. The Morgan fingerprint density at radius 1 is 0.485 bits per heavy atom. The van der Waals surface area contributed by atoms with Crippen molar-refractivity contribution in [3.05, 3.63) is 205 Å². The average molecular weight is 978 g/mol. The van der Waals surface area contributed by atoms with E-state index in [0.29, 0.717) is 31.1 Å². The van der Waals surface area contributed by atoms with Crippen molar-refractivity contribution >= 4 is 67.7 Å². The van der Waals surface area contributed by atoms with Crippen LogP contribution in [0.3, 0.4) is 0 Å². The molecule has 0 saturated heterocycles. The third kappa shape index (κ3) is 10.1. The Bertz CT molecular complexity index is 2450. The van der Waals surface area contributed by atoms with Crippen LogP contribution in [0.1, 0.15) is 82.1 Å². The number of rotatable bonds is 16. The van der Waals surface area contributed by atoms with Gasteiger partial charge in [0, 0.05) is 24.7 Å². The molecule has 4 nitrogen and oxygen atoms in total. The first-order chi connectivity index (χ1) is 32.4. The zero-order valence-electron chi connectivity index (χ0n) is 42.1. The second kappa shape index (κ2) is 21.3. The van der Waals surface area contributed by atoms with Gasteiger partial charge in [-0.3, -0.25) is 0 Å². The van der Waals surface area contributed by atoms with Crippen molar-refractivity contribution in [2.75, 3.05) is 13.2 Å². The van der Waals surface area contributed by atoms with Gasteiger partial charge in [-0.25, -0.2) is 0 Å². The molecule has 6 aromatic carbocycles. The minimum atomic E-state index is -3.18. The largest absolute Gasteiger partial charge is 0.407 e. The van der Waals surface area contributed by atoms with Gasteiger partial charge in [-0.1, -0.05) is 262 Å². The molecule has 356 valence electrons. The zero-order chi connectivity index (χ0) is 48.8. The van der Waals surface area contributed by atoms with E-state index in [1.54, 1.807) is 0 Å². The summed E-state index contributed by atoms with van der Waals surface area (Å²) in [5, 5.41) is 7.26. The van der Waals surface area contributed by atoms with Crippen LogP contribution in [0.15, 0.2) is 205 Å². The van der Waals surface area contributed by atoms with E-state index in [1.165, 1.54) is 31.1 Å². The maximum absolute atomic E-state index is 8.17. The summed E-state index contributed by atoms with van der Waals surface area (Å²) < 4.78 is 31.2. The van der Waals surface area contributed by atoms with Crippen LogP contribution in [0.25, 0.3) is 0 Å². The topological polar surface area (TPSA) is 36.9 Å². The fourth-order valence-electron chi connectivity index (χ4n) is 10.9. The number of halogens is 1. The van der Waals surface area contributed by atoms with Gasteiger partial charge in [0.15, 0.2) is 0 Å². The first-order valence-electron chi connectivity index (χ1n) is 24.4. The molecule has 0 aromatic heterocycles. The standard InChI is InChI=1S/C60H73ClO4Si3/c1-46-54(47(2)61)45-55(64-67(59(6,7)8,50-35-22-14-23-36-50)51-37-24-15-25-38-51)57(56(46)65-68(60(9,10)11,52-39-26-16-27-40-52)53-41-28-17-29-42-53)62-43-30-44-63-66(58(3,4)5,48-31-18-12-19-32-48)49-33-20-13-21-34-49/h12-29,31-42,55-57H,1,30,43-45H2,2-11H3. The van der Waals surface area contributed by atoms with Gasteiger partial charge in [-0.15, -0.1) is 0 Å². The summed E-state index contributed by atoms with van der Waals surface area (Å²) in [6, 6.07) is 65.1. The third-order valence-corrected chi connectivity index (χ3v) is 29.4. The Morgan fingerprint density at radius 2 is 0.794 bits per heavy atom. The molecule has 1 aliphatic carbocycles. The lowest BCUT2D eigenvalue weighted by Gasteiger charge is -2.52. The first kappa shape index (κ1) is 51.4. The fourth-order valence-corrected chi connectivity index (χ4v) is 25.0. The Morgan fingerprint density at radius 3 is 1.10 bits per heavy atom. The zero-order valence-corrected chi connectivity index (χ0v) is 45.9. The molecule has 6 aromatic rings. The molecule has 1 aliphatic rings. The quantitative estimate of drug-likeness (QED) is 0.0715. The number of hydrogen-bond acceptors (Lipinski definition) is 4. The van der Waals surface area contributed by atoms with Gasteiger partial charge in [-0.2, -0.15) is 0 Å². The monoisotopic (exact) mass is 976 g/mol. The third-order valence-electron chi connectivity index (χ3n) is 14.0. The molecule has 0 spiro atoms. The minimum Gasteiger partial charge on any atom is -0.407 e. The van der Waals surface area contributed by atoms with E-state index in [2.05, 4.69) is 244 Å². The number of allylic oxidation sites excluding steroid dienone is 1.